The molecule has 4 nitrogen and oxygen atoms in total. The predicted octanol–water partition coefficient (Wildman–Crippen LogP) is 1.14. The van der Waals surface area contributed by atoms with Crippen molar-refractivity contribution in [3.05, 3.63) is 0 Å². The number of nitrogens with zero attached hydrogens (tertiary/aromatic N) is 1. The fourth-order valence-corrected chi connectivity index (χ4v) is 2.50. The van der Waals surface area contributed by atoms with Crippen LogP contribution in [-0.2, 0) is 9.53 Å². The molecule has 2 fully saturated rings. The fourth-order valence-electron chi connectivity index (χ4n) is 2.50. The summed E-state index contributed by atoms with van der Waals surface area (Å²) >= 11 is 0. The summed E-state index contributed by atoms with van der Waals surface area (Å²) in [6, 6.07) is 0.649. The molecule has 2 aliphatic rings. The van der Waals surface area contributed by atoms with Crippen LogP contribution in [0.25, 0.3) is 0 Å². The first-order valence-corrected chi connectivity index (χ1v) is 6.82. The molecule has 2 aliphatic carbocycles. The SMILES string of the molecule is CCOC(=O)C(N)(CN(CC)C1CC1)C1CC1. The minimum absolute atomic E-state index is 0.207. The molecule has 0 bridgehead atoms. The first-order chi connectivity index (χ1) is 8.11. The second-order valence-corrected chi connectivity index (χ2v) is 5.33. The van der Waals surface area contributed by atoms with Gasteiger partial charge in [-0.05, 0) is 45.1 Å². The normalized spacial score (nSPS) is 23.5. The lowest BCUT2D eigenvalue weighted by Gasteiger charge is -2.33. The summed E-state index contributed by atoms with van der Waals surface area (Å²) in [6.07, 6.45) is 4.63. The van der Waals surface area contributed by atoms with Crippen molar-refractivity contribution in [2.24, 2.45) is 11.7 Å². The van der Waals surface area contributed by atoms with E-state index >= 15 is 0 Å². The standard InChI is InChI=1S/C13H24N2O2/c1-3-15(11-7-8-11)9-13(14,10-5-6-10)12(16)17-4-2/h10-11H,3-9,14H2,1-2H3. The highest BCUT2D eigenvalue weighted by Crippen LogP contribution is 2.40. The molecule has 4 heteroatoms. The topological polar surface area (TPSA) is 55.6 Å². The van der Waals surface area contributed by atoms with Gasteiger partial charge in [0.15, 0.2) is 0 Å². The Hall–Kier alpha value is -0.610. The summed E-state index contributed by atoms with van der Waals surface area (Å²) in [5.74, 6) is 0.121. The molecule has 1 unspecified atom stereocenters. The number of hydrogen-bond acceptors (Lipinski definition) is 4. The average molecular weight is 240 g/mol. The molecule has 17 heavy (non-hydrogen) atoms. The van der Waals surface area contributed by atoms with Gasteiger partial charge in [0.1, 0.15) is 5.54 Å². The van der Waals surface area contributed by atoms with Gasteiger partial charge in [0.2, 0.25) is 0 Å². The van der Waals surface area contributed by atoms with Crippen LogP contribution < -0.4 is 5.73 Å². The highest BCUT2D eigenvalue weighted by molar-refractivity contribution is 5.82. The van der Waals surface area contributed by atoms with Gasteiger partial charge in [-0.1, -0.05) is 6.92 Å². The Labute approximate surface area is 103 Å². The average Bonchev–Trinajstić information content (AvgIpc) is 3.18. The minimum Gasteiger partial charge on any atom is -0.465 e. The molecule has 0 heterocycles. The summed E-state index contributed by atoms with van der Waals surface area (Å²) in [5, 5.41) is 0. The van der Waals surface area contributed by atoms with E-state index in [-0.39, 0.29) is 5.97 Å². The number of likely N-dealkylation sites (N-methyl/N-ethyl adjacent to an activating group) is 1. The Balaban J connectivity index is 2.01. The van der Waals surface area contributed by atoms with Crippen molar-refractivity contribution in [3.63, 3.8) is 0 Å². The summed E-state index contributed by atoms with van der Waals surface area (Å²) in [7, 11) is 0. The van der Waals surface area contributed by atoms with Gasteiger partial charge < -0.3 is 10.5 Å². The van der Waals surface area contributed by atoms with Crippen LogP contribution in [-0.4, -0.2) is 42.1 Å². The van der Waals surface area contributed by atoms with Crippen LogP contribution in [0.3, 0.4) is 0 Å². The van der Waals surface area contributed by atoms with Gasteiger partial charge >= 0.3 is 5.97 Å². The number of nitrogens with two attached hydrogens (primary N) is 1. The molecule has 0 aromatic rings. The lowest BCUT2D eigenvalue weighted by Crippen LogP contribution is -2.59. The number of hydrogen-bond donors (Lipinski definition) is 1. The summed E-state index contributed by atoms with van der Waals surface area (Å²) in [5.41, 5.74) is 5.59. The molecule has 2 N–H and O–H groups in total. The summed E-state index contributed by atoms with van der Waals surface area (Å²) in [6.45, 7) is 6.02. The number of rotatable bonds is 7. The maximum atomic E-state index is 12.1. The van der Waals surface area contributed by atoms with Crippen molar-refractivity contribution >= 4 is 5.97 Å². The Morgan fingerprint density at radius 2 is 2.00 bits per heavy atom. The third-order valence-corrected chi connectivity index (χ3v) is 3.90. The van der Waals surface area contributed by atoms with Crippen LogP contribution in [0.4, 0.5) is 0 Å². The summed E-state index contributed by atoms with van der Waals surface area (Å²) < 4.78 is 5.16. The van der Waals surface area contributed by atoms with Crippen LogP contribution in [0.5, 0.6) is 0 Å². The maximum Gasteiger partial charge on any atom is 0.327 e. The molecule has 1 atom stereocenters. The zero-order valence-electron chi connectivity index (χ0n) is 10.9. The Bertz CT molecular complexity index is 287. The second-order valence-electron chi connectivity index (χ2n) is 5.33. The number of carbonyl (C=O) groups excluding carboxylic acids is 1. The molecule has 2 saturated carbocycles. The summed E-state index contributed by atoms with van der Waals surface area (Å²) in [4.78, 5) is 14.4. The van der Waals surface area contributed by atoms with Gasteiger partial charge in [0, 0.05) is 12.6 Å². The van der Waals surface area contributed by atoms with Crippen molar-refractivity contribution in [1.82, 2.24) is 4.90 Å². The monoisotopic (exact) mass is 240 g/mol. The molecular weight excluding hydrogens is 216 g/mol. The third kappa shape index (κ3) is 2.80. The van der Waals surface area contributed by atoms with E-state index in [0.717, 1.165) is 19.4 Å². The zero-order valence-corrected chi connectivity index (χ0v) is 10.9. The molecular formula is C13H24N2O2. The van der Waals surface area contributed by atoms with Crippen LogP contribution in [0.2, 0.25) is 0 Å². The van der Waals surface area contributed by atoms with Gasteiger partial charge in [-0.15, -0.1) is 0 Å². The van der Waals surface area contributed by atoms with E-state index in [4.69, 9.17) is 10.5 Å². The van der Waals surface area contributed by atoms with Crippen molar-refractivity contribution in [2.45, 2.75) is 51.1 Å². The number of esters is 1. The molecule has 0 aromatic heterocycles. The van der Waals surface area contributed by atoms with Gasteiger partial charge in [-0.3, -0.25) is 4.90 Å². The highest BCUT2D eigenvalue weighted by atomic mass is 16.5. The highest BCUT2D eigenvalue weighted by Gasteiger charge is 2.51. The molecule has 0 amide bonds. The smallest absolute Gasteiger partial charge is 0.327 e. The van der Waals surface area contributed by atoms with Crippen LogP contribution in [0.1, 0.15) is 39.5 Å². The van der Waals surface area contributed by atoms with Crippen molar-refractivity contribution in [3.8, 4) is 0 Å². The fraction of sp³-hybridized carbons (Fsp3) is 0.923. The van der Waals surface area contributed by atoms with Gasteiger partial charge in [-0.2, -0.15) is 0 Å². The number of carbonyl (C=O) groups is 1. The predicted molar refractivity (Wildman–Crippen MR) is 66.5 cm³/mol. The third-order valence-electron chi connectivity index (χ3n) is 3.90. The number of ether oxygens (including phenoxy) is 1. The van der Waals surface area contributed by atoms with Gasteiger partial charge in [0.05, 0.1) is 6.61 Å². The van der Waals surface area contributed by atoms with E-state index in [1.54, 1.807) is 0 Å². The zero-order chi connectivity index (χ0) is 12.5. The van der Waals surface area contributed by atoms with Gasteiger partial charge in [0.25, 0.3) is 0 Å². The van der Waals surface area contributed by atoms with Crippen molar-refractivity contribution < 1.29 is 9.53 Å². The van der Waals surface area contributed by atoms with E-state index in [1.807, 2.05) is 6.92 Å². The van der Waals surface area contributed by atoms with E-state index in [2.05, 4.69) is 11.8 Å². The lowest BCUT2D eigenvalue weighted by molar-refractivity contribution is -0.151. The van der Waals surface area contributed by atoms with Crippen LogP contribution in [0, 0.1) is 5.92 Å². The Morgan fingerprint density at radius 1 is 1.35 bits per heavy atom. The minimum atomic E-state index is -0.769. The van der Waals surface area contributed by atoms with Crippen molar-refractivity contribution in [2.75, 3.05) is 19.7 Å². The van der Waals surface area contributed by atoms with Crippen molar-refractivity contribution in [1.29, 1.82) is 0 Å². The molecule has 0 radical (unpaired) electrons. The lowest BCUT2D eigenvalue weighted by atomic mass is 9.93. The molecule has 98 valence electrons. The molecule has 0 aliphatic heterocycles. The Kier molecular flexibility index (Phi) is 3.73. The first kappa shape index (κ1) is 12.8. The molecule has 0 aromatic carbocycles. The Morgan fingerprint density at radius 3 is 2.41 bits per heavy atom. The van der Waals surface area contributed by atoms with Crippen LogP contribution in [0.15, 0.2) is 0 Å². The van der Waals surface area contributed by atoms with E-state index < -0.39 is 5.54 Å². The molecule has 2 rings (SSSR count). The second kappa shape index (κ2) is 4.94. The molecule has 0 saturated heterocycles. The first-order valence-electron chi connectivity index (χ1n) is 6.82. The van der Waals surface area contributed by atoms with Crippen LogP contribution >= 0.6 is 0 Å². The van der Waals surface area contributed by atoms with E-state index in [9.17, 15) is 4.79 Å². The quantitative estimate of drug-likeness (QED) is 0.678. The van der Waals surface area contributed by atoms with Gasteiger partial charge in [-0.25, -0.2) is 4.79 Å². The van der Waals surface area contributed by atoms with E-state index in [0.29, 0.717) is 25.1 Å². The molecule has 0 spiro atoms. The largest absolute Gasteiger partial charge is 0.465 e. The van der Waals surface area contributed by atoms with E-state index in [1.165, 1.54) is 12.8 Å². The maximum absolute atomic E-state index is 12.1.